The molecular formula is C24H36N2O7. The predicted molar refractivity (Wildman–Crippen MR) is 123 cm³/mol. The lowest BCUT2D eigenvalue weighted by molar-refractivity contribution is -0.159. The van der Waals surface area contributed by atoms with Gasteiger partial charge in [0.1, 0.15) is 12.4 Å². The van der Waals surface area contributed by atoms with E-state index in [1.54, 1.807) is 12.1 Å². The summed E-state index contributed by atoms with van der Waals surface area (Å²) in [5.41, 5.74) is 0.496. The second kappa shape index (κ2) is 11.5. The molecule has 0 unspecified atom stereocenters. The molecule has 0 heterocycles. The molecule has 184 valence electrons. The highest BCUT2D eigenvalue weighted by Crippen LogP contribution is 2.58. The van der Waals surface area contributed by atoms with Crippen molar-refractivity contribution in [1.82, 2.24) is 4.90 Å². The number of likely N-dealkylation sites (N-methyl/N-ethyl adjacent to an activating group) is 1. The fourth-order valence-corrected chi connectivity index (χ4v) is 4.95. The van der Waals surface area contributed by atoms with E-state index in [-0.39, 0.29) is 11.3 Å². The quantitative estimate of drug-likeness (QED) is 0.209. The van der Waals surface area contributed by atoms with Gasteiger partial charge < -0.3 is 30.2 Å². The van der Waals surface area contributed by atoms with Gasteiger partial charge in [-0.25, -0.2) is 9.59 Å². The molecule has 0 aromatic heterocycles. The van der Waals surface area contributed by atoms with Crippen molar-refractivity contribution in [2.75, 3.05) is 27.2 Å². The molecule has 0 amide bonds. The lowest BCUT2D eigenvalue weighted by Crippen LogP contribution is -2.50. The number of oxime groups is 1. The molecule has 33 heavy (non-hydrogen) atoms. The lowest BCUT2D eigenvalue weighted by atomic mass is 9.59. The summed E-state index contributed by atoms with van der Waals surface area (Å²) >= 11 is 0. The van der Waals surface area contributed by atoms with E-state index < -0.39 is 17.5 Å². The van der Waals surface area contributed by atoms with Crippen LogP contribution in [0.5, 0.6) is 5.75 Å². The molecule has 0 aliphatic heterocycles. The van der Waals surface area contributed by atoms with Crippen LogP contribution in [0.15, 0.2) is 29.4 Å². The molecule has 0 radical (unpaired) electrons. The van der Waals surface area contributed by atoms with Crippen LogP contribution in [0.1, 0.15) is 44.6 Å². The van der Waals surface area contributed by atoms with Gasteiger partial charge >= 0.3 is 11.9 Å². The van der Waals surface area contributed by atoms with E-state index in [0.717, 1.165) is 45.1 Å². The summed E-state index contributed by atoms with van der Waals surface area (Å²) in [4.78, 5) is 25.7. The van der Waals surface area contributed by atoms with Crippen LogP contribution >= 0.6 is 0 Å². The molecule has 2 aliphatic rings. The summed E-state index contributed by atoms with van der Waals surface area (Å²) in [5.74, 6) is -2.58. The highest BCUT2D eigenvalue weighted by molar-refractivity contribution is 6.27. The summed E-state index contributed by atoms with van der Waals surface area (Å²) in [6.45, 7) is 3.67. The molecule has 2 saturated carbocycles. The van der Waals surface area contributed by atoms with E-state index in [0.29, 0.717) is 18.3 Å². The minimum absolute atomic E-state index is 0.118. The maximum absolute atomic E-state index is 11.5. The molecule has 1 aromatic rings. The minimum Gasteiger partial charge on any atom is -0.508 e. The first-order valence-electron chi connectivity index (χ1n) is 11.2. The number of hydrogen-bond donors (Lipinski definition) is 4. The van der Waals surface area contributed by atoms with Crippen molar-refractivity contribution in [1.29, 1.82) is 0 Å². The number of fused-ring (bicyclic) bond motifs is 1. The molecule has 2 fully saturated rings. The molecule has 1 aromatic carbocycles. The maximum Gasteiger partial charge on any atom is 0.414 e. The SMILES string of the molecule is CN(C)CCON=C[C@H]1CC[C@]2(O)C[C@@H](Cc3ccc(O)cc3)CC[C@]12C.O=C(O)C(=O)O. The van der Waals surface area contributed by atoms with Crippen LogP contribution in [0.2, 0.25) is 0 Å². The van der Waals surface area contributed by atoms with Crippen molar-refractivity contribution < 1.29 is 34.9 Å². The van der Waals surface area contributed by atoms with E-state index in [2.05, 4.69) is 17.0 Å². The summed E-state index contributed by atoms with van der Waals surface area (Å²) < 4.78 is 0. The Hall–Kier alpha value is -2.65. The molecular weight excluding hydrogens is 428 g/mol. The van der Waals surface area contributed by atoms with E-state index in [1.807, 2.05) is 32.4 Å². The molecule has 9 nitrogen and oxygen atoms in total. The van der Waals surface area contributed by atoms with Crippen LogP contribution in [-0.2, 0) is 20.8 Å². The van der Waals surface area contributed by atoms with Gasteiger partial charge in [0.25, 0.3) is 0 Å². The highest BCUT2D eigenvalue weighted by Gasteiger charge is 2.58. The van der Waals surface area contributed by atoms with Gasteiger partial charge in [-0.2, -0.15) is 0 Å². The van der Waals surface area contributed by atoms with Crippen LogP contribution in [-0.4, -0.2) is 76.3 Å². The average molecular weight is 465 g/mol. The zero-order chi connectivity index (χ0) is 24.6. The highest BCUT2D eigenvalue weighted by atomic mass is 16.6. The number of aromatic hydroxyl groups is 1. The molecule has 0 saturated heterocycles. The average Bonchev–Trinajstić information content (AvgIpc) is 3.00. The third-order valence-corrected chi connectivity index (χ3v) is 7.04. The Bertz CT molecular complexity index is 815. The first-order chi connectivity index (χ1) is 15.5. The topological polar surface area (TPSA) is 140 Å². The first kappa shape index (κ1) is 26.6. The maximum atomic E-state index is 11.5. The van der Waals surface area contributed by atoms with Gasteiger partial charge in [-0.05, 0) is 76.2 Å². The van der Waals surface area contributed by atoms with Crippen LogP contribution < -0.4 is 0 Å². The summed E-state index contributed by atoms with van der Waals surface area (Å²) in [5, 5.41) is 39.9. The van der Waals surface area contributed by atoms with Crippen molar-refractivity contribution >= 4 is 18.2 Å². The number of phenolic OH excluding ortho intramolecular Hbond substituents is 1. The fourth-order valence-electron chi connectivity index (χ4n) is 4.95. The molecule has 9 heteroatoms. The summed E-state index contributed by atoms with van der Waals surface area (Å²) in [6.07, 6.45) is 7.69. The number of carboxylic acid groups (broad SMARTS) is 2. The third kappa shape index (κ3) is 7.17. The summed E-state index contributed by atoms with van der Waals surface area (Å²) in [7, 11) is 4.03. The Morgan fingerprint density at radius 3 is 2.36 bits per heavy atom. The van der Waals surface area contributed by atoms with Gasteiger partial charge in [-0.1, -0.05) is 24.2 Å². The van der Waals surface area contributed by atoms with E-state index >= 15 is 0 Å². The standard InChI is InChI=1S/C22H34N2O3.C2H2O4/c1-21-10-8-18(14-17-4-6-20(25)7-5-17)15-22(21,26)11-9-19(21)16-23-27-13-12-24(2)3;3-1(4)2(5)6/h4-7,16,18-19,25-26H,8-15H2,1-3H3;(H,3,4)(H,5,6)/t18-,19-,21-,22+;/m1./s1. The number of phenols is 1. The number of aliphatic hydroxyl groups is 1. The van der Waals surface area contributed by atoms with Crippen molar-refractivity contribution in [2.45, 2.75) is 51.0 Å². The molecule has 4 N–H and O–H groups in total. The molecule has 0 bridgehead atoms. The monoisotopic (exact) mass is 464 g/mol. The number of aliphatic carboxylic acids is 2. The normalized spacial score (nSPS) is 28.8. The number of nitrogens with zero attached hydrogens (tertiary/aromatic N) is 2. The van der Waals surface area contributed by atoms with Gasteiger partial charge in [0.05, 0.1) is 5.60 Å². The van der Waals surface area contributed by atoms with Gasteiger partial charge in [-0.3, -0.25) is 0 Å². The number of carboxylic acids is 2. The van der Waals surface area contributed by atoms with E-state index in [1.165, 1.54) is 5.56 Å². The number of hydrogen-bond acceptors (Lipinski definition) is 7. The first-order valence-corrected chi connectivity index (χ1v) is 11.2. The second-order valence-corrected chi connectivity index (χ2v) is 9.57. The van der Waals surface area contributed by atoms with Crippen LogP contribution in [0.25, 0.3) is 0 Å². The van der Waals surface area contributed by atoms with Crippen molar-refractivity contribution in [3.8, 4) is 5.75 Å². The second-order valence-electron chi connectivity index (χ2n) is 9.57. The number of rotatable bonds is 7. The lowest BCUT2D eigenvalue weighted by Gasteiger charge is -2.48. The Labute approximate surface area is 194 Å². The number of benzene rings is 1. The Morgan fingerprint density at radius 1 is 1.15 bits per heavy atom. The van der Waals surface area contributed by atoms with Crippen molar-refractivity contribution in [3.05, 3.63) is 29.8 Å². The Balaban J connectivity index is 0.000000569. The van der Waals surface area contributed by atoms with Gasteiger partial charge in [0.2, 0.25) is 0 Å². The number of carbonyl (C=O) groups is 2. The van der Waals surface area contributed by atoms with Gasteiger partial charge in [0, 0.05) is 24.1 Å². The van der Waals surface area contributed by atoms with E-state index in [9.17, 15) is 10.2 Å². The zero-order valence-corrected chi connectivity index (χ0v) is 19.6. The van der Waals surface area contributed by atoms with Crippen molar-refractivity contribution in [3.63, 3.8) is 0 Å². The summed E-state index contributed by atoms with van der Waals surface area (Å²) in [6, 6.07) is 7.47. The smallest absolute Gasteiger partial charge is 0.414 e. The zero-order valence-electron chi connectivity index (χ0n) is 19.6. The minimum atomic E-state index is -1.82. The van der Waals surface area contributed by atoms with Crippen LogP contribution in [0, 0.1) is 17.3 Å². The molecule has 0 spiro atoms. The van der Waals surface area contributed by atoms with Gasteiger partial charge in [-0.15, -0.1) is 0 Å². The molecule has 2 aliphatic carbocycles. The third-order valence-electron chi connectivity index (χ3n) is 7.04. The van der Waals surface area contributed by atoms with Gasteiger partial charge in [0.15, 0.2) is 0 Å². The Morgan fingerprint density at radius 2 is 1.79 bits per heavy atom. The molecule has 3 rings (SSSR count). The Kier molecular flexibility index (Phi) is 9.25. The van der Waals surface area contributed by atoms with E-state index in [4.69, 9.17) is 24.6 Å². The predicted octanol–water partition coefficient (Wildman–Crippen LogP) is 2.60. The van der Waals surface area contributed by atoms with Crippen molar-refractivity contribution in [2.24, 2.45) is 22.4 Å². The fraction of sp³-hybridized carbons (Fsp3) is 0.625. The van der Waals surface area contributed by atoms with Crippen LogP contribution in [0.3, 0.4) is 0 Å². The molecule has 4 atom stereocenters. The largest absolute Gasteiger partial charge is 0.508 e. The van der Waals surface area contributed by atoms with Crippen LogP contribution in [0.4, 0.5) is 0 Å².